The largest absolute Gasteiger partial charge is 0.455 e. The number of aliphatic hydroxyl groups is 1. The van der Waals surface area contributed by atoms with E-state index in [1.165, 1.54) is 0 Å². The van der Waals surface area contributed by atoms with E-state index in [1.54, 1.807) is 24.3 Å². The third-order valence-electron chi connectivity index (χ3n) is 2.80. The molecule has 2 aromatic carbocycles. The molecular weight excluding hydrogens is 288 g/mol. The molecule has 0 spiro atoms. The predicted octanol–water partition coefficient (Wildman–Crippen LogP) is 3.36. The van der Waals surface area contributed by atoms with Gasteiger partial charge < -0.3 is 15.2 Å². The molecule has 0 heterocycles. The van der Waals surface area contributed by atoms with Crippen molar-refractivity contribution in [2.24, 2.45) is 0 Å². The summed E-state index contributed by atoms with van der Waals surface area (Å²) >= 11 is 5.57. The zero-order valence-corrected chi connectivity index (χ0v) is 12.0. The molecule has 0 aliphatic rings. The molecule has 0 aromatic heterocycles. The van der Waals surface area contributed by atoms with Gasteiger partial charge in [-0.1, -0.05) is 12.1 Å². The Morgan fingerprint density at radius 2 is 1.90 bits per heavy atom. The van der Waals surface area contributed by atoms with Gasteiger partial charge in [0.25, 0.3) is 0 Å². The number of benzene rings is 2. The molecule has 0 radical (unpaired) electrons. The van der Waals surface area contributed by atoms with Crippen molar-refractivity contribution >= 4 is 17.3 Å². The molecule has 0 amide bonds. The highest BCUT2D eigenvalue weighted by atomic mass is 35.5. The summed E-state index contributed by atoms with van der Waals surface area (Å²) < 4.78 is 5.79. The lowest BCUT2D eigenvalue weighted by atomic mass is 10.2. The molecule has 2 aromatic rings. The van der Waals surface area contributed by atoms with Crippen LogP contribution in [0.4, 0.5) is 5.69 Å². The van der Waals surface area contributed by atoms with Crippen molar-refractivity contribution < 1.29 is 9.84 Å². The molecule has 108 valence electrons. The second kappa shape index (κ2) is 7.53. The van der Waals surface area contributed by atoms with Crippen molar-refractivity contribution in [3.8, 4) is 17.6 Å². The summed E-state index contributed by atoms with van der Waals surface area (Å²) in [6.45, 7) is 0.344. The maximum atomic E-state index is 9.49. The SMILES string of the molecule is N#Cc1ccc(Oc2ccccc2NCC(O)CCl)cc1. The number of ether oxygens (including phenoxy) is 1. The van der Waals surface area contributed by atoms with E-state index in [4.69, 9.17) is 21.6 Å². The fourth-order valence-electron chi connectivity index (χ4n) is 1.71. The third-order valence-corrected chi connectivity index (χ3v) is 3.16. The molecule has 0 fully saturated rings. The Hall–Kier alpha value is -2.22. The molecule has 1 unspecified atom stereocenters. The Labute approximate surface area is 128 Å². The number of nitriles is 1. The van der Waals surface area contributed by atoms with Crippen molar-refractivity contribution in [2.45, 2.75) is 6.10 Å². The summed E-state index contributed by atoms with van der Waals surface area (Å²) in [5.74, 6) is 1.45. The van der Waals surface area contributed by atoms with E-state index in [-0.39, 0.29) is 5.88 Å². The first kappa shape index (κ1) is 15.2. The highest BCUT2D eigenvalue weighted by Crippen LogP contribution is 2.29. The quantitative estimate of drug-likeness (QED) is 0.803. The Balaban J connectivity index is 2.10. The molecule has 2 rings (SSSR count). The molecular formula is C16H15ClN2O2. The van der Waals surface area contributed by atoms with Crippen molar-refractivity contribution in [1.82, 2.24) is 0 Å². The minimum atomic E-state index is -0.616. The molecule has 0 saturated carbocycles. The molecule has 1 atom stereocenters. The smallest absolute Gasteiger partial charge is 0.150 e. The highest BCUT2D eigenvalue weighted by Gasteiger charge is 2.07. The van der Waals surface area contributed by atoms with E-state index in [1.807, 2.05) is 24.3 Å². The lowest BCUT2D eigenvalue weighted by Gasteiger charge is -2.14. The minimum Gasteiger partial charge on any atom is -0.455 e. The van der Waals surface area contributed by atoms with Gasteiger partial charge in [0.15, 0.2) is 5.75 Å². The third kappa shape index (κ3) is 4.38. The summed E-state index contributed by atoms with van der Waals surface area (Å²) in [4.78, 5) is 0. The lowest BCUT2D eigenvalue weighted by Crippen LogP contribution is -2.20. The van der Waals surface area contributed by atoms with Crippen LogP contribution in [-0.2, 0) is 0 Å². The van der Waals surface area contributed by atoms with E-state index in [0.717, 1.165) is 5.69 Å². The number of rotatable bonds is 6. The summed E-state index contributed by atoms with van der Waals surface area (Å²) in [7, 11) is 0. The van der Waals surface area contributed by atoms with Gasteiger partial charge in [-0.15, -0.1) is 11.6 Å². The first-order valence-corrected chi connectivity index (χ1v) is 7.01. The average molecular weight is 303 g/mol. The van der Waals surface area contributed by atoms with E-state index in [0.29, 0.717) is 23.6 Å². The topological polar surface area (TPSA) is 65.3 Å². The van der Waals surface area contributed by atoms with Crippen LogP contribution in [0.2, 0.25) is 0 Å². The standard InChI is InChI=1S/C16H15ClN2O2/c17-9-13(20)11-19-15-3-1-2-4-16(15)21-14-7-5-12(10-18)6-8-14/h1-8,13,19-20H,9,11H2. The zero-order valence-electron chi connectivity index (χ0n) is 11.3. The summed E-state index contributed by atoms with van der Waals surface area (Å²) in [5.41, 5.74) is 1.35. The first-order valence-electron chi connectivity index (χ1n) is 6.48. The normalized spacial score (nSPS) is 11.5. The molecule has 0 aliphatic carbocycles. The van der Waals surface area contributed by atoms with E-state index in [9.17, 15) is 5.11 Å². The van der Waals surface area contributed by atoms with Gasteiger partial charge in [0, 0.05) is 6.54 Å². The number of nitrogens with zero attached hydrogens (tertiary/aromatic N) is 1. The molecule has 0 aliphatic heterocycles. The van der Waals surface area contributed by atoms with Crippen LogP contribution in [-0.4, -0.2) is 23.6 Å². The van der Waals surface area contributed by atoms with E-state index < -0.39 is 6.10 Å². The number of hydrogen-bond acceptors (Lipinski definition) is 4. The minimum absolute atomic E-state index is 0.172. The molecule has 4 nitrogen and oxygen atoms in total. The number of anilines is 1. The van der Waals surface area contributed by atoms with Gasteiger partial charge in [0.2, 0.25) is 0 Å². The Morgan fingerprint density at radius 3 is 2.57 bits per heavy atom. The van der Waals surface area contributed by atoms with Gasteiger partial charge in [-0.25, -0.2) is 0 Å². The van der Waals surface area contributed by atoms with Crippen LogP contribution in [0, 0.1) is 11.3 Å². The van der Waals surface area contributed by atoms with Crippen LogP contribution in [0.1, 0.15) is 5.56 Å². The van der Waals surface area contributed by atoms with Gasteiger partial charge in [-0.3, -0.25) is 0 Å². The number of nitrogens with one attached hydrogen (secondary N) is 1. The second-order valence-corrected chi connectivity index (χ2v) is 4.73. The van der Waals surface area contributed by atoms with E-state index in [2.05, 4.69) is 11.4 Å². The molecule has 0 bridgehead atoms. The average Bonchev–Trinajstić information content (AvgIpc) is 2.54. The number of para-hydroxylation sites is 2. The fraction of sp³-hybridized carbons (Fsp3) is 0.188. The van der Waals surface area contributed by atoms with Gasteiger partial charge in [0.1, 0.15) is 5.75 Å². The second-order valence-electron chi connectivity index (χ2n) is 4.42. The highest BCUT2D eigenvalue weighted by molar-refractivity contribution is 6.18. The fourth-order valence-corrected chi connectivity index (χ4v) is 1.82. The van der Waals surface area contributed by atoms with Crippen molar-refractivity contribution in [3.63, 3.8) is 0 Å². The van der Waals surface area contributed by atoms with Crippen LogP contribution in [0.5, 0.6) is 11.5 Å². The summed E-state index contributed by atoms with van der Waals surface area (Å²) in [6.07, 6.45) is -0.616. The van der Waals surface area contributed by atoms with Crippen LogP contribution >= 0.6 is 11.6 Å². The van der Waals surface area contributed by atoms with Crippen molar-refractivity contribution in [1.29, 1.82) is 5.26 Å². The molecule has 2 N–H and O–H groups in total. The Kier molecular flexibility index (Phi) is 5.44. The Bertz CT molecular complexity index is 623. The van der Waals surface area contributed by atoms with Crippen LogP contribution < -0.4 is 10.1 Å². The lowest BCUT2D eigenvalue weighted by molar-refractivity contribution is 0.211. The van der Waals surface area contributed by atoms with Gasteiger partial charge in [-0.2, -0.15) is 5.26 Å². The maximum absolute atomic E-state index is 9.49. The van der Waals surface area contributed by atoms with Crippen LogP contribution in [0.3, 0.4) is 0 Å². The number of halogens is 1. The van der Waals surface area contributed by atoms with E-state index >= 15 is 0 Å². The molecule has 21 heavy (non-hydrogen) atoms. The number of aliphatic hydroxyl groups excluding tert-OH is 1. The summed E-state index contributed by atoms with van der Waals surface area (Å²) in [5, 5.41) is 21.4. The first-order chi connectivity index (χ1) is 10.2. The van der Waals surface area contributed by atoms with Crippen molar-refractivity contribution in [3.05, 3.63) is 54.1 Å². The van der Waals surface area contributed by atoms with Gasteiger partial charge in [0.05, 0.1) is 29.3 Å². The molecule has 5 heteroatoms. The monoisotopic (exact) mass is 302 g/mol. The van der Waals surface area contributed by atoms with Crippen LogP contribution in [0.25, 0.3) is 0 Å². The van der Waals surface area contributed by atoms with Crippen molar-refractivity contribution in [2.75, 3.05) is 17.7 Å². The van der Waals surface area contributed by atoms with Gasteiger partial charge >= 0.3 is 0 Å². The zero-order chi connectivity index (χ0) is 15.1. The molecule has 0 saturated heterocycles. The maximum Gasteiger partial charge on any atom is 0.150 e. The predicted molar refractivity (Wildman–Crippen MR) is 82.9 cm³/mol. The number of hydrogen-bond donors (Lipinski definition) is 2. The number of alkyl halides is 1. The van der Waals surface area contributed by atoms with Crippen LogP contribution in [0.15, 0.2) is 48.5 Å². The Morgan fingerprint density at radius 1 is 1.19 bits per heavy atom. The van der Waals surface area contributed by atoms with Gasteiger partial charge in [-0.05, 0) is 36.4 Å². The summed E-state index contributed by atoms with van der Waals surface area (Å²) in [6, 6.07) is 16.4.